The van der Waals surface area contributed by atoms with Gasteiger partial charge in [0.15, 0.2) is 9.84 Å². The highest BCUT2D eigenvalue weighted by molar-refractivity contribution is 7.93. The van der Waals surface area contributed by atoms with Gasteiger partial charge in [-0.05, 0) is 42.8 Å². The summed E-state index contributed by atoms with van der Waals surface area (Å²) in [4.78, 5) is -1.01. The highest BCUT2D eigenvalue weighted by Gasteiger charge is 2.34. The summed E-state index contributed by atoms with van der Waals surface area (Å²) in [7, 11) is -8.29. The summed E-state index contributed by atoms with van der Waals surface area (Å²) in [5.74, 6) is 0. The van der Waals surface area contributed by atoms with E-state index in [2.05, 4.69) is 0 Å². The van der Waals surface area contributed by atoms with Crippen molar-refractivity contribution in [1.29, 1.82) is 0 Å². The minimum Gasteiger partial charge on any atom is -0.278 e. The van der Waals surface area contributed by atoms with Crippen molar-refractivity contribution in [3.8, 4) is 0 Å². The first-order valence-electron chi connectivity index (χ1n) is 6.92. The van der Waals surface area contributed by atoms with E-state index in [9.17, 15) is 30.0 Å². The van der Waals surface area contributed by atoms with Crippen molar-refractivity contribution in [2.75, 3.05) is 11.0 Å². The van der Waals surface area contributed by atoms with Gasteiger partial charge in [-0.3, -0.25) is 4.72 Å². The molecule has 0 unspecified atom stereocenters. The molecule has 0 saturated heterocycles. The van der Waals surface area contributed by atoms with Gasteiger partial charge in [-0.15, -0.1) is 0 Å². The number of hydrogen-bond donors (Lipinski definition) is 1. The minimum atomic E-state index is -4.73. The van der Waals surface area contributed by atoms with Gasteiger partial charge < -0.3 is 0 Å². The van der Waals surface area contributed by atoms with Crippen LogP contribution in [0.15, 0.2) is 46.2 Å². The maximum atomic E-state index is 13.0. The van der Waals surface area contributed by atoms with Gasteiger partial charge in [0.2, 0.25) is 0 Å². The second-order valence-corrected chi connectivity index (χ2v) is 9.60. The zero-order valence-corrected chi connectivity index (χ0v) is 15.8. The van der Waals surface area contributed by atoms with Crippen molar-refractivity contribution in [2.24, 2.45) is 0 Å². The van der Waals surface area contributed by atoms with Crippen LogP contribution in [-0.4, -0.2) is 23.1 Å². The van der Waals surface area contributed by atoms with Crippen molar-refractivity contribution in [2.45, 2.75) is 22.9 Å². The van der Waals surface area contributed by atoms with Crippen LogP contribution in [0, 0.1) is 6.92 Å². The molecule has 1 N–H and O–H groups in total. The van der Waals surface area contributed by atoms with E-state index < -0.39 is 36.5 Å². The summed E-state index contributed by atoms with van der Waals surface area (Å²) in [6, 6.07) is 5.93. The molecule has 5 nitrogen and oxygen atoms in total. The molecule has 0 atom stereocenters. The van der Waals surface area contributed by atoms with Gasteiger partial charge >= 0.3 is 6.18 Å². The van der Waals surface area contributed by atoms with Crippen LogP contribution in [0.5, 0.6) is 0 Å². The maximum absolute atomic E-state index is 13.0. The summed E-state index contributed by atoms with van der Waals surface area (Å²) in [5, 5.41) is 0.0509. The monoisotopic (exact) mass is 427 g/mol. The van der Waals surface area contributed by atoms with Gasteiger partial charge in [-0.2, -0.15) is 13.2 Å². The van der Waals surface area contributed by atoms with Gasteiger partial charge in [0.25, 0.3) is 10.0 Å². The number of benzene rings is 2. The molecule has 0 fully saturated rings. The fourth-order valence-electron chi connectivity index (χ4n) is 2.18. The van der Waals surface area contributed by atoms with Gasteiger partial charge in [0, 0.05) is 11.3 Å². The first-order valence-corrected chi connectivity index (χ1v) is 10.7. The van der Waals surface area contributed by atoms with E-state index >= 15 is 0 Å². The average molecular weight is 428 g/mol. The van der Waals surface area contributed by atoms with Crippen LogP contribution < -0.4 is 4.72 Å². The number of aryl methyl sites for hydroxylation is 1. The lowest BCUT2D eigenvalue weighted by molar-refractivity contribution is -0.138. The fourth-order valence-corrected chi connectivity index (χ4v) is 4.34. The van der Waals surface area contributed by atoms with E-state index in [1.54, 1.807) is 0 Å². The second-order valence-electron chi connectivity index (χ2n) is 5.49. The summed E-state index contributed by atoms with van der Waals surface area (Å²) >= 11 is 5.77. The summed E-state index contributed by atoms with van der Waals surface area (Å²) in [6.07, 6.45) is -3.87. The van der Waals surface area contributed by atoms with E-state index in [-0.39, 0.29) is 21.2 Å². The van der Waals surface area contributed by atoms with Crippen LogP contribution in [0.3, 0.4) is 0 Å². The van der Waals surface area contributed by atoms with Gasteiger partial charge in [0.1, 0.15) is 0 Å². The Morgan fingerprint density at radius 2 is 1.62 bits per heavy atom. The lowest BCUT2D eigenvalue weighted by Gasteiger charge is -2.15. The number of hydrogen-bond acceptors (Lipinski definition) is 4. The van der Waals surface area contributed by atoms with Crippen molar-refractivity contribution >= 4 is 37.1 Å². The van der Waals surface area contributed by atoms with Crippen LogP contribution in [0.25, 0.3) is 0 Å². The zero-order valence-electron chi connectivity index (χ0n) is 13.4. The number of halogens is 4. The highest BCUT2D eigenvalue weighted by Crippen LogP contribution is 2.34. The number of nitrogens with one attached hydrogen (secondary N) is 1. The Hall–Kier alpha value is -1.78. The maximum Gasteiger partial charge on any atom is 0.416 e. The Morgan fingerprint density at radius 1 is 1.00 bits per heavy atom. The lowest BCUT2D eigenvalue weighted by atomic mass is 10.1. The third kappa shape index (κ3) is 4.49. The Morgan fingerprint density at radius 3 is 2.15 bits per heavy atom. The van der Waals surface area contributed by atoms with E-state index in [4.69, 9.17) is 11.6 Å². The largest absolute Gasteiger partial charge is 0.416 e. The van der Waals surface area contributed by atoms with Crippen LogP contribution in [0.2, 0.25) is 5.02 Å². The number of anilines is 1. The predicted molar refractivity (Wildman–Crippen MR) is 91.6 cm³/mol. The zero-order chi connectivity index (χ0) is 19.9. The van der Waals surface area contributed by atoms with Crippen LogP contribution >= 0.6 is 11.6 Å². The molecule has 0 aromatic heterocycles. The molecule has 0 radical (unpaired) electrons. The molecule has 2 aromatic rings. The quantitative estimate of drug-likeness (QED) is 0.803. The molecule has 0 saturated carbocycles. The van der Waals surface area contributed by atoms with Crippen molar-refractivity contribution < 1.29 is 30.0 Å². The molecule has 142 valence electrons. The molecule has 2 aromatic carbocycles. The predicted octanol–water partition coefficient (Wildman–Crippen LogP) is 3.87. The van der Waals surface area contributed by atoms with Gasteiger partial charge in [-0.25, -0.2) is 16.8 Å². The fraction of sp³-hybridized carbons (Fsp3) is 0.200. The third-order valence-electron chi connectivity index (χ3n) is 3.41. The van der Waals surface area contributed by atoms with Crippen molar-refractivity contribution in [3.05, 3.63) is 52.5 Å². The first kappa shape index (κ1) is 20.5. The number of sulfonamides is 1. The summed E-state index contributed by atoms with van der Waals surface area (Å²) in [5.41, 5.74) is -1.60. The molecule has 0 aliphatic heterocycles. The normalized spacial score (nSPS) is 12.8. The lowest BCUT2D eigenvalue weighted by Crippen LogP contribution is -2.17. The molecule has 0 bridgehead atoms. The third-order valence-corrected chi connectivity index (χ3v) is 6.16. The Balaban J connectivity index is 2.57. The van der Waals surface area contributed by atoms with E-state index in [1.165, 1.54) is 13.0 Å². The van der Waals surface area contributed by atoms with E-state index in [0.717, 1.165) is 30.5 Å². The molecule has 0 amide bonds. The molecule has 0 heterocycles. The number of sulfone groups is 1. The minimum absolute atomic E-state index is 0.0509. The SMILES string of the molecule is Cc1ccc(S(=O)(=O)Nc2cc(Cl)ccc2S(C)(=O)=O)cc1C(F)(F)F. The van der Waals surface area contributed by atoms with Crippen LogP contribution in [0.4, 0.5) is 18.9 Å². The number of rotatable bonds is 4. The van der Waals surface area contributed by atoms with E-state index in [0.29, 0.717) is 6.07 Å². The Labute approximate surface area is 153 Å². The molecular weight excluding hydrogens is 415 g/mol. The second kappa shape index (κ2) is 6.75. The van der Waals surface area contributed by atoms with Crippen LogP contribution in [0.1, 0.15) is 11.1 Å². The highest BCUT2D eigenvalue weighted by atomic mass is 35.5. The molecule has 0 aliphatic rings. The summed E-state index contributed by atoms with van der Waals surface area (Å²) in [6.45, 7) is 1.20. The molecule has 0 spiro atoms. The molecular formula is C15H13ClF3NO4S2. The van der Waals surface area contributed by atoms with Crippen LogP contribution in [-0.2, 0) is 26.0 Å². The molecule has 26 heavy (non-hydrogen) atoms. The standard InChI is InChI=1S/C15H13ClF3NO4S2/c1-9-3-5-11(8-12(9)15(17,18)19)26(23,24)20-13-7-10(16)4-6-14(13)25(2,21)22/h3-8,20H,1-2H3. The smallest absolute Gasteiger partial charge is 0.278 e. The average Bonchev–Trinajstić information content (AvgIpc) is 2.44. The summed E-state index contributed by atoms with van der Waals surface area (Å²) < 4.78 is 89.5. The number of alkyl halides is 3. The van der Waals surface area contributed by atoms with E-state index in [1.807, 2.05) is 4.72 Å². The van der Waals surface area contributed by atoms with Crippen molar-refractivity contribution in [1.82, 2.24) is 0 Å². The molecule has 2 rings (SSSR count). The Bertz CT molecular complexity index is 1060. The molecule has 11 heteroatoms. The Kier molecular flexibility index (Phi) is 5.33. The van der Waals surface area contributed by atoms with Gasteiger partial charge in [-0.1, -0.05) is 17.7 Å². The van der Waals surface area contributed by atoms with Gasteiger partial charge in [0.05, 0.1) is 21.0 Å². The first-order chi connectivity index (χ1) is 11.7. The topological polar surface area (TPSA) is 80.3 Å². The molecule has 0 aliphatic carbocycles. The van der Waals surface area contributed by atoms with Crippen molar-refractivity contribution in [3.63, 3.8) is 0 Å².